The maximum Gasteiger partial charge on any atom is 0.147 e. The van der Waals surface area contributed by atoms with Crippen LogP contribution in [-0.2, 0) is 16.1 Å². The molecule has 0 heterocycles. The number of benzene rings is 1. The minimum absolute atomic E-state index is 0.388. The van der Waals surface area contributed by atoms with Gasteiger partial charge in [-0.1, -0.05) is 65.9 Å². The zero-order valence-electron chi connectivity index (χ0n) is 12.0. The fourth-order valence-corrected chi connectivity index (χ4v) is 5.08. The van der Waals surface area contributed by atoms with Crippen molar-refractivity contribution in [2.75, 3.05) is 13.4 Å². The van der Waals surface area contributed by atoms with E-state index < -0.39 is 8.07 Å². The van der Waals surface area contributed by atoms with Crippen molar-refractivity contribution in [1.82, 2.24) is 0 Å². The summed E-state index contributed by atoms with van der Waals surface area (Å²) in [6.45, 7) is 9.05. The zero-order chi connectivity index (χ0) is 13.9. The van der Waals surface area contributed by atoms with Crippen LogP contribution in [0, 0.1) is 5.92 Å². The molecule has 2 atom stereocenters. The van der Waals surface area contributed by atoms with E-state index in [0.717, 1.165) is 6.61 Å². The minimum atomic E-state index is -1.14. The van der Waals surface area contributed by atoms with Gasteiger partial charge >= 0.3 is 0 Å². The Kier molecular flexibility index (Phi) is 4.87. The molecular formula is C15H23BrO2Si. The van der Waals surface area contributed by atoms with E-state index >= 15 is 0 Å². The monoisotopic (exact) mass is 342 g/mol. The molecule has 1 fully saturated rings. The third kappa shape index (κ3) is 3.91. The van der Waals surface area contributed by atoms with Crippen LogP contribution < -0.4 is 0 Å². The van der Waals surface area contributed by atoms with Crippen LogP contribution in [0.25, 0.3) is 0 Å². The van der Waals surface area contributed by atoms with E-state index in [-0.39, 0.29) is 0 Å². The molecule has 0 bridgehead atoms. The summed E-state index contributed by atoms with van der Waals surface area (Å²) >= 11 is 3.92. The van der Waals surface area contributed by atoms with Gasteiger partial charge in [0.05, 0.1) is 21.3 Å². The fourth-order valence-electron chi connectivity index (χ4n) is 2.39. The first kappa shape index (κ1) is 15.2. The molecule has 0 spiro atoms. The van der Waals surface area contributed by atoms with E-state index in [2.05, 4.69) is 47.7 Å². The Bertz CT molecular complexity index is 404. The van der Waals surface area contributed by atoms with Crippen LogP contribution in [0.2, 0.25) is 19.6 Å². The molecule has 0 saturated heterocycles. The Morgan fingerprint density at radius 2 is 1.89 bits per heavy atom. The lowest BCUT2D eigenvalue weighted by Crippen LogP contribution is -2.38. The van der Waals surface area contributed by atoms with Gasteiger partial charge in [0.1, 0.15) is 6.79 Å². The summed E-state index contributed by atoms with van der Waals surface area (Å²) in [4.78, 5) is 0. The van der Waals surface area contributed by atoms with Crippen LogP contribution in [0.1, 0.15) is 12.0 Å². The van der Waals surface area contributed by atoms with Gasteiger partial charge in [0.25, 0.3) is 0 Å². The van der Waals surface area contributed by atoms with Crippen LogP contribution in [0.4, 0.5) is 0 Å². The van der Waals surface area contributed by atoms with E-state index in [0.29, 0.717) is 23.3 Å². The molecule has 0 N–H and O–H groups in total. The summed E-state index contributed by atoms with van der Waals surface area (Å²) in [7, 11) is -1.14. The molecule has 0 aliphatic heterocycles. The van der Waals surface area contributed by atoms with Crippen LogP contribution >= 0.6 is 15.9 Å². The average molecular weight is 343 g/mol. The molecule has 1 saturated carbocycles. The van der Waals surface area contributed by atoms with Crippen LogP contribution in [0.15, 0.2) is 30.3 Å². The Morgan fingerprint density at radius 3 is 2.47 bits per heavy atom. The second-order valence-electron chi connectivity index (χ2n) is 6.34. The highest BCUT2D eigenvalue weighted by Crippen LogP contribution is 2.57. The highest BCUT2D eigenvalue weighted by atomic mass is 79.9. The van der Waals surface area contributed by atoms with Gasteiger partial charge in [0.15, 0.2) is 0 Å². The van der Waals surface area contributed by atoms with Crippen LogP contribution in [0.3, 0.4) is 0 Å². The summed E-state index contributed by atoms with van der Waals surface area (Å²) < 4.78 is 11.6. The number of ether oxygens (including phenoxy) is 2. The summed E-state index contributed by atoms with van der Waals surface area (Å²) in [6, 6.07) is 10.2. The molecule has 19 heavy (non-hydrogen) atoms. The van der Waals surface area contributed by atoms with Gasteiger partial charge in [-0.2, -0.15) is 0 Å². The zero-order valence-corrected chi connectivity index (χ0v) is 14.6. The minimum Gasteiger partial charge on any atom is -0.355 e. The number of rotatable bonds is 7. The number of alkyl halides is 1. The molecule has 1 aliphatic rings. The topological polar surface area (TPSA) is 18.5 Å². The lowest BCUT2D eigenvalue weighted by molar-refractivity contribution is -0.0647. The van der Waals surface area contributed by atoms with Crippen molar-refractivity contribution in [2.24, 2.45) is 5.92 Å². The van der Waals surface area contributed by atoms with Crippen LogP contribution in [0.5, 0.6) is 0 Å². The number of hydrogen-bond acceptors (Lipinski definition) is 2. The second-order valence-corrected chi connectivity index (χ2v) is 13.9. The summed E-state index contributed by atoms with van der Waals surface area (Å²) in [5, 5.41) is 0. The molecule has 2 rings (SSSR count). The lowest BCUT2D eigenvalue weighted by atomic mass is 10.2. The van der Waals surface area contributed by atoms with Gasteiger partial charge in [-0.05, 0) is 17.9 Å². The molecule has 0 radical (unpaired) electrons. The molecule has 2 nitrogen and oxygen atoms in total. The van der Waals surface area contributed by atoms with Crippen molar-refractivity contribution < 1.29 is 9.47 Å². The summed E-state index contributed by atoms with van der Waals surface area (Å²) in [6.07, 6.45) is 1.25. The van der Waals surface area contributed by atoms with Gasteiger partial charge in [-0.15, -0.1) is 0 Å². The maximum atomic E-state index is 5.64. The molecule has 0 amide bonds. The molecule has 0 unspecified atom stereocenters. The summed E-state index contributed by atoms with van der Waals surface area (Å²) in [5.41, 5.74) is 1.19. The molecule has 1 aliphatic carbocycles. The van der Waals surface area contributed by atoms with Crippen molar-refractivity contribution in [3.05, 3.63) is 35.9 Å². The Labute approximate surface area is 125 Å². The van der Waals surface area contributed by atoms with Crippen molar-refractivity contribution >= 4 is 24.0 Å². The predicted octanol–water partition coefficient (Wildman–Crippen LogP) is 4.21. The molecule has 0 aromatic heterocycles. The maximum absolute atomic E-state index is 5.64. The third-order valence-corrected chi connectivity index (χ3v) is 11.5. The van der Waals surface area contributed by atoms with Crippen molar-refractivity contribution in [3.63, 3.8) is 0 Å². The Balaban J connectivity index is 1.59. The van der Waals surface area contributed by atoms with E-state index in [9.17, 15) is 0 Å². The van der Waals surface area contributed by atoms with E-state index in [1.807, 2.05) is 18.2 Å². The molecule has 1 aromatic rings. The van der Waals surface area contributed by atoms with Gasteiger partial charge in [-0.3, -0.25) is 0 Å². The normalized spacial score (nSPS) is 26.4. The van der Waals surface area contributed by atoms with Gasteiger partial charge in [-0.25, -0.2) is 0 Å². The van der Waals surface area contributed by atoms with E-state index in [4.69, 9.17) is 9.47 Å². The molecule has 106 valence electrons. The fraction of sp³-hybridized carbons (Fsp3) is 0.600. The largest absolute Gasteiger partial charge is 0.355 e. The third-order valence-electron chi connectivity index (χ3n) is 3.87. The molecule has 4 heteroatoms. The molecular weight excluding hydrogens is 320 g/mol. The quantitative estimate of drug-likeness (QED) is 0.320. The molecule has 1 aromatic carbocycles. The number of hydrogen-bond donors (Lipinski definition) is 0. The van der Waals surface area contributed by atoms with Crippen LogP contribution in [-0.4, -0.2) is 25.4 Å². The first-order valence-electron chi connectivity index (χ1n) is 6.82. The highest BCUT2D eigenvalue weighted by molar-refractivity contribution is 9.10. The van der Waals surface area contributed by atoms with Crippen molar-refractivity contribution in [2.45, 2.75) is 36.6 Å². The standard InChI is InChI=1S/C15H23BrO2Si/c1-19(2,3)15(16)9-14(15)11-18-12-17-10-13-7-5-4-6-8-13/h4-8,14H,9-12H2,1-3H3/t14-,15-/m1/s1. The first-order valence-corrected chi connectivity index (χ1v) is 11.1. The second kappa shape index (κ2) is 6.08. The Hall–Kier alpha value is -0.163. The van der Waals surface area contributed by atoms with Crippen molar-refractivity contribution in [1.29, 1.82) is 0 Å². The smallest absolute Gasteiger partial charge is 0.147 e. The SMILES string of the molecule is C[Si](C)(C)[C@]1(Br)C[C@@H]1COCOCc1ccccc1. The van der Waals surface area contributed by atoms with Gasteiger partial charge in [0.2, 0.25) is 0 Å². The predicted molar refractivity (Wildman–Crippen MR) is 85.2 cm³/mol. The average Bonchev–Trinajstić information content (AvgIpc) is 3.02. The van der Waals surface area contributed by atoms with Gasteiger partial charge < -0.3 is 9.47 Å². The van der Waals surface area contributed by atoms with E-state index in [1.165, 1.54) is 12.0 Å². The summed E-state index contributed by atoms with van der Waals surface area (Å²) in [5.74, 6) is 0.666. The van der Waals surface area contributed by atoms with Gasteiger partial charge in [0, 0.05) is 3.95 Å². The highest BCUT2D eigenvalue weighted by Gasteiger charge is 2.59. The number of halogens is 1. The van der Waals surface area contributed by atoms with E-state index in [1.54, 1.807) is 0 Å². The Morgan fingerprint density at radius 1 is 1.21 bits per heavy atom. The first-order chi connectivity index (χ1) is 8.93. The lowest BCUT2D eigenvalue weighted by Gasteiger charge is -2.24. The van der Waals surface area contributed by atoms with Crippen molar-refractivity contribution in [3.8, 4) is 0 Å².